The second-order valence-electron chi connectivity index (χ2n) is 9.56. The largest absolute Gasteiger partial charge is 0.449 e. The smallest absolute Gasteiger partial charge is 0.417 e. The molecule has 1 unspecified atom stereocenters. The second-order valence-corrected chi connectivity index (χ2v) is 9.56. The quantitative estimate of drug-likeness (QED) is 0.123. The van der Waals surface area contributed by atoms with E-state index in [0.717, 1.165) is 30.5 Å². The molecule has 222 valence electrons. The number of nitro groups is 1. The van der Waals surface area contributed by atoms with Gasteiger partial charge in [-0.1, -0.05) is 11.8 Å². The lowest BCUT2D eigenvalue weighted by Crippen LogP contribution is -2.54. The number of hydrogen-bond donors (Lipinski definition) is 0. The third-order valence-corrected chi connectivity index (χ3v) is 6.28. The highest BCUT2D eigenvalue weighted by atomic mass is 19.4. The minimum atomic E-state index is -4.46. The number of rotatable bonds is 6. The number of halogens is 3. The molecular formula is C26H24F3N5O8. The van der Waals surface area contributed by atoms with Crippen LogP contribution >= 0.6 is 0 Å². The number of nitrogens with zero attached hydrogens (tertiary/aromatic N) is 5. The number of ether oxygens (including phenoxy) is 3. The molecule has 42 heavy (non-hydrogen) atoms. The topological polar surface area (TPSA) is 146 Å². The predicted molar refractivity (Wildman–Crippen MR) is 136 cm³/mol. The number of carbonyl (C=O) groups is 3. The van der Waals surface area contributed by atoms with Crippen LogP contribution in [-0.4, -0.2) is 87.2 Å². The zero-order valence-electron chi connectivity index (χ0n) is 22.1. The van der Waals surface area contributed by atoms with Crippen LogP contribution in [0.3, 0.4) is 0 Å². The fourth-order valence-electron chi connectivity index (χ4n) is 4.31. The Kier molecular flexibility index (Phi) is 8.81. The van der Waals surface area contributed by atoms with Crippen LogP contribution in [0, 0.1) is 22.0 Å². The number of esters is 2. The molecule has 0 saturated carbocycles. The van der Waals surface area contributed by atoms with Gasteiger partial charge in [0.15, 0.2) is 12.2 Å². The van der Waals surface area contributed by atoms with Crippen LogP contribution in [0.15, 0.2) is 42.6 Å². The fourth-order valence-corrected chi connectivity index (χ4v) is 4.31. The number of alkyl halides is 3. The molecule has 0 aliphatic carbocycles. The molecule has 0 bridgehead atoms. The van der Waals surface area contributed by atoms with Crippen LogP contribution in [0.5, 0.6) is 6.01 Å². The summed E-state index contributed by atoms with van der Waals surface area (Å²) in [6, 6.07) is 4.30. The molecule has 0 N–H and O–H groups in total. The van der Waals surface area contributed by atoms with E-state index < -0.39 is 40.3 Å². The van der Waals surface area contributed by atoms with E-state index in [1.54, 1.807) is 0 Å². The van der Waals surface area contributed by atoms with Crippen molar-refractivity contribution in [3.63, 3.8) is 0 Å². The Morgan fingerprint density at radius 3 is 2.45 bits per heavy atom. The molecule has 1 fully saturated rings. The Labute approximate surface area is 236 Å². The first-order valence-electron chi connectivity index (χ1n) is 12.5. The van der Waals surface area contributed by atoms with Gasteiger partial charge in [0.1, 0.15) is 12.7 Å². The van der Waals surface area contributed by atoms with E-state index in [9.17, 15) is 37.7 Å². The number of carbonyl (C=O) groups excluding carboxylic acids is 3. The van der Waals surface area contributed by atoms with Crippen molar-refractivity contribution in [1.29, 1.82) is 0 Å². The van der Waals surface area contributed by atoms with Crippen molar-refractivity contribution in [2.45, 2.75) is 25.2 Å². The summed E-state index contributed by atoms with van der Waals surface area (Å²) in [7, 11) is 0. The van der Waals surface area contributed by atoms with Crippen molar-refractivity contribution < 1.29 is 46.7 Å². The van der Waals surface area contributed by atoms with Crippen molar-refractivity contribution in [3.05, 3.63) is 63.9 Å². The van der Waals surface area contributed by atoms with Crippen LogP contribution in [0.2, 0.25) is 0 Å². The normalized spacial score (nSPS) is 18.5. The van der Waals surface area contributed by atoms with Crippen LogP contribution < -0.4 is 4.74 Å². The minimum Gasteiger partial charge on any atom is -0.449 e. The predicted octanol–water partition coefficient (Wildman–Crippen LogP) is 2.39. The number of fused-ring (bicyclic) bond motifs is 1. The van der Waals surface area contributed by atoms with Gasteiger partial charge in [0, 0.05) is 50.4 Å². The van der Waals surface area contributed by atoms with Gasteiger partial charge in [-0.2, -0.15) is 22.7 Å². The Morgan fingerprint density at radius 2 is 1.81 bits per heavy atom. The average molecular weight is 591 g/mol. The molecule has 1 saturated heterocycles. The molecule has 1 aromatic heterocycles. The van der Waals surface area contributed by atoms with Gasteiger partial charge < -0.3 is 29.2 Å². The summed E-state index contributed by atoms with van der Waals surface area (Å²) in [5, 5.41) is 11.2. The van der Waals surface area contributed by atoms with Gasteiger partial charge in [0.25, 0.3) is 0 Å². The number of piperazine rings is 1. The molecule has 1 atom stereocenters. The summed E-state index contributed by atoms with van der Waals surface area (Å²) < 4.78 is 54.5. The molecule has 2 aliphatic rings. The molecule has 0 spiro atoms. The number of hydrogen-bond acceptors (Lipinski definition) is 10. The second kappa shape index (κ2) is 12.3. The molecule has 4 rings (SSSR count). The van der Waals surface area contributed by atoms with Crippen LogP contribution in [-0.2, 0) is 31.8 Å². The monoisotopic (exact) mass is 591 g/mol. The van der Waals surface area contributed by atoms with Gasteiger partial charge in [-0.3, -0.25) is 4.90 Å². The fraction of sp³-hybridized carbons (Fsp3) is 0.385. The van der Waals surface area contributed by atoms with Crippen molar-refractivity contribution in [3.8, 4) is 17.9 Å². The number of aromatic nitrogens is 2. The molecule has 1 amide bonds. The molecule has 2 aliphatic heterocycles. The first-order chi connectivity index (χ1) is 19.8. The van der Waals surface area contributed by atoms with E-state index in [1.165, 1.54) is 21.6 Å². The van der Waals surface area contributed by atoms with E-state index >= 15 is 0 Å². The van der Waals surface area contributed by atoms with Gasteiger partial charge >= 0.3 is 36.0 Å². The summed E-state index contributed by atoms with van der Waals surface area (Å²) in [6.07, 6.45) is -2.73. The minimum absolute atomic E-state index is 0.154. The molecule has 13 nitrogen and oxygen atoms in total. The molecular weight excluding hydrogens is 567 g/mol. The van der Waals surface area contributed by atoms with Crippen LogP contribution in [0.1, 0.15) is 18.1 Å². The standard InChI is InChI=1S/C26H24F3N5O8/c1-25(17-33-20(34(38)39)15-30-23(33)42-25)16-31-10-12-32(13-11-31)24(37)41-22(36)9-8-21(35)40-14-2-3-18-4-6-19(7-5-18)26(27,28)29/h4-9,15H,10-14,16-17H2,1H3/b9-8-. The Balaban J connectivity index is 1.15. The third-order valence-electron chi connectivity index (χ3n) is 6.28. The maximum absolute atomic E-state index is 12.6. The highest BCUT2D eigenvalue weighted by Crippen LogP contribution is 2.33. The van der Waals surface area contributed by atoms with E-state index in [4.69, 9.17) is 14.2 Å². The van der Waals surface area contributed by atoms with E-state index in [-0.39, 0.29) is 43.6 Å². The first-order valence-corrected chi connectivity index (χ1v) is 12.5. The average Bonchev–Trinajstić information content (AvgIpc) is 3.46. The zero-order valence-corrected chi connectivity index (χ0v) is 22.1. The van der Waals surface area contributed by atoms with Gasteiger partial charge in [0.05, 0.1) is 5.56 Å². The van der Waals surface area contributed by atoms with Gasteiger partial charge in [-0.25, -0.2) is 14.4 Å². The SMILES string of the molecule is CC1(CN2CCN(C(=O)OC(=O)/C=C\C(=O)OCC#Cc3ccc(C(F)(F)F)cc3)CC2)Cn2c([N+](=O)[O-])cnc2O1. The Hall–Kier alpha value is -4.91. The molecule has 2 aromatic rings. The van der Waals surface area contributed by atoms with Crippen LogP contribution in [0.25, 0.3) is 0 Å². The summed E-state index contributed by atoms with van der Waals surface area (Å²) in [5.74, 6) is 2.83. The number of imidazole rings is 1. The highest BCUT2D eigenvalue weighted by molar-refractivity contribution is 5.96. The van der Waals surface area contributed by atoms with E-state index in [0.29, 0.717) is 19.6 Å². The lowest BCUT2D eigenvalue weighted by Gasteiger charge is -2.36. The lowest BCUT2D eigenvalue weighted by molar-refractivity contribution is -0.392. The van der Waals surface area contributed by atoms with Crippen LogP contribution in [0.4, 0.5) is 23.8 Å². The first kappa shape index (κ1) is 30.1. The maximum Gasteiger partial charge on any atom is 0.417 e. The van der Waals surface area contributed by atoms with Crippen molar-refractivity contribution in [2.75, 3.05) is 39.3 Å². The third kappa shape index (κ3) is 7.63. The van der Waals surface area contributed by atoms with Crippen molar-refractivity contribution in [1.82, 2.24) is 19.4 Å². The molecule has 3 heterocycles. The lowest BCUT2D eigenvalue weighted by atomic mass is 10.1. The van der Waals surface area contributed by atoms with Gasteiger partial charge in [-0.05, 0) is 36.1 Å². The van der Waals surface area contributed by atoms with Crippen molar-refractivity contribution in [2.24, 2.45) is 0 Å². The highest BCUT2D eigenvalue weighted by Gasteiger charge is 2.44. The summed E-state index contributed by atoms with van der Waals surface area (Å²) in [4.78, 5) is 53.9. The van der Waals surface area contributed by atoms with E-state index in [2.05, 4.69) is 16.8 Å². The van der Waals surface area contributed by atoms with Crippen molar-refractivity contribution >= 4 is 23.8 Å². The summed E-state index contributed by atoms with van der Waals surface area (Å²) >= 11 is 0. The number of amides is 1. The molecule has 0 radical (unpaired) electrons. The summed E-state index contributed by atoms with van der Waals surface area (Å²) in [5.41, 5.74) is -1.27. The van der Waals surface area contributed by atoms with Gasteiger partial charge in [-0.15, -0.1) is 0 Å². The maximum atomic E-state index is 12.6. The summed E-state index contributed by atoms with van der Waals surface area (Å²) in [6.45, 7) is 3.46. The zero-order chi connectivity index (χ0) is 30.5. The Morgan fingerprint density at radius 1 is 1.14 bits per heavy atom. The van der Waals surface area contributed by atoms with Gasteiger partial charge in [0.2, 0.25) is 0 Å². The number of benzene rings is 1. The van der Waals surface area contributed by atoms with E-state index in [1.807, 2.05) is 11.8 Å². The molecule has 16 heteroatoms. The Bertz CT molecular complexity index is 1450. The molecule has 1 aromatic carbocycles.